The van der Waals surface area contributed by atoms with Gasteiger partial charge < -0.3 is 10.6 Å². The highest BCUT2D eigenvalue weighted by atomic mass is 79.9. The maximum Gasteiger partial charge on any atom is 0.196 e. The molecule has 1 aromatic heterocycles. The van der Waals surface area contributed by atoms with E-state index in [2.05, 4.69) is 54.7 Å². The van der Waals surface area contributed by atoms with Gasteiger partial charge in [-0.3, -0.25) is 4.99 Å². The summed E-state index contributed by atoms with van der Waals surface area (Å²) >= 11 is 14.9. The van der Waals surface area contributed by atoms with Gasteiger partial charge in [0.05, 0.1) is 17.6 Å². The van der Waals surface area contributed by atoms with Crippen LogP contribution in [0.2, 0.25) is 5.02 Å². The molecule has 2 N–H and O–H groups in total. The van der Waals surface area contributed by atoms with Gasteiger partial charge in [0.2, 0.25) is 0 Å². The molecular weight excluding hydrogens is 438 g/mol. The second-order valence-corrected chi connectivity index (χ2v) is 8.14. The smallest absolute Gasteiger partial charge is 0.196 e. The standard InChI is InChI=1S/C14H12Br2ClN3S/c1-7-9(15)5-13(21-7)12-6-19-14(18)20(12)8-2-3-11(17)10(16)4-8/h2-5,12H,6H2,1H3,(H2,18,19). The quantitative estimate of drug-likeness (QED) is 0.692. The number of benzene rings is 1. The third-order valence-electron chi connectivity index (χ3n) is 3.37. The molecule has 3 rings (SSSR count). The van der Waals surface area contributed by atoms with Crippen LogP contribution in [0, 0.1) is 6.92 Å². The number of rotatable bonds is 2. The zero-order chi connectivity index (χ0) is 15.1. The molecular formula is C14H12Br2ClN3S. The lowest BCUT2D eigenvalue weighted by molar-refractivity contribution is 0.784. The fourth-order valence-corrected chi connectivity index (χ4v) is 4.44. The molecule has 1 aliphatic rings. The number of halogens is 3. The maximum absolute atomic E-state index is 6.09. The summed E-state index contributed by atoms with van der Waals surface area (Å²) in [6.07, 6.45) is 0. The van der Waals surface area contributed by atoms with Crippen molar-refractivity contribution in [3.05, 3.63) is 48.0 Å². The lowest BCUT2D eigenvalue weighted by Gasteiger charge is -2.26. The number of anilines is 1. The molecule has 1 aliphatic heterocycles. The molecule has 7 heteroatoms. The maximum atomic E-state index is 6.09. The number of aryl methyl sites for hydroxylation is 1. The Hall–Kier alpha value is -0.560. The molecule has 0 bridgehead atoms. The molecule has 21 heavy (non-hydrogen) atoms. The van der Waals surface area contributed by atoms with Gasteiger partial charge in [-0.15, -0.1) is 11.3 Å². The highest BCUT2D eigenvalue weighted by Crippen LogP contribution is 2.39. The van der Waals surface area contributed by atoms with Crippen LogP contribution in [0.5, 0.6) is 0 Å². The van der Waals surface area contributed by atoms with Crippen molar-refractivity contribution in [3.63, 3.8) is 0 Å². The van der Waals surface area contributed by atoms with Crippen molar-refractivity contribution in [1.29, 1.82) is 0 Å². The number of thiophene rings is 1. The summed E-state index contributed by atoms with van der Waals surface area (Å²) in [7, 11) is 0. The van der Waals surface area contributed by atoms with Gasteiger partial charge in [0.15, 0.2) is 5.96 Å². The van der Waals surface area contributed by atoms with Gasteiger partial charge in [-0.05, 0) is 63.0 Å². The number of nitrogens with zero attached hydrogens (tertiary/aromatic N) is 2. The molecule has 1 unspecified atom stereocenters. The molecule has 0 spiro atoms. The van der Waals surface area contributed by atoms with Crippen molar-refractivity contribution in [2.75, 3.05) is 11.4 Å². The van der Waals surface area contributed by atoms with Gasteiger partial charge in [0.1, 0.15) is 0 Å². The fourth-order valence-electron chi connectivity index (χ4n) is 2.31. The molecule has 110 valence electrons. The fraction of sp³-hybridized carbons (Fsp3) is 0.214. The molecule has 0 amide bonds. The van der Waals surface area contributed by atoms with Crippen molar-refractivity contribution < 1.29 is 0 Å². The van der Waals surface area contributed by atoms with Gasteiger partial charge >= 0.3 is 0 Å². The van der Waals surface area contributed by atoms with Crippen molar-refractivity contribution in [2.24, 2.45) is 10.7 Å². The summed E-state index contributed by atoms with van der Waals surface area (Å²) in [6.45, 7) is 2.76. The minimum absolute atomic E-state index is 0.132. The Morgan fingerprint density at radius 2 is 2.10 bits per heavy atom. The minimum Gasteiger partial charge on any atom is -0.369 e. The predicted molar refractivity (Wildman–Crippen MR) is 97.6 cm³/mol. The first-order chi connectivity index (χ1) is 9.97. The van der Waals surface area contributed by atoms with E-state index in [4.69, 9.17) is 17.3 Å². The summed E-state index contributed by atoms with van der Waals surface area (Å²) in [5.74, 6) is 0.538. The minimum atomic E-state index is 0.132. The normalized spacial score (nSPS) is 18.2. The molecule has 3 nitrogen and oxygen atoms in total. The van der Waals surface area contributed by atoms with E-state index in [0.717, 1.165) is 14.6 Å². The van der Waals surface area contributed by atoms with Crippen LogP contribution in [0.1, 0.15) is 15.8 Å². The van der Waals surface area contributed by atoms with E-state index in [1.807, 2.05) is 18.2 Å². The molecule has 1 atom stereocenters. The van der Waals surface area contributed by atoms with Crippen LogP contribution >= 0.6 is 54.8 Å². The van der Waals surface area contributed by atoms with E-state index < -0.39 is 0 Å². The molecule has 0 radical (unpaired) electrons. The van der Waals surface area contributed by atoms with Gasteiger partial charge in [0, 0.05) is 24.4 Å². The topological polar surface area (TPSA) is 41.6 Å². The predicted octanol–water partition coefficient (Wildman–Crippen LogP) is 5.11. The molecule has 1 aromatic carbocycles. The van der Waals surface area contributed by atoms with Crippen LogP contribution in [0.25, 0.3) is 0 Å². The van der Waals surface area contributed by atoms with Crippen molar-refractivity contribution in [1.82, 2.24) is 0 Å². The largest absolute Gasteiger partial charge is 0.369 e. The number of aliphatic imine (C=N–C) groups is 1. The summed E-state index contributed by atoms with van der Waals surface area (Å²) in [5, 5.41) is 0.680. The number of hydrogen-bond donors (Lipinski definition) is 1. The summed E-state index contributed by atoms with van der Waals surface area (Å²) in [6, 6.07) is 8.07. The molecule has 2 aromatic rings. The number of hydrogen-bond acceptors (Lipinski definition) is 4. The number of nitrogens with two attached hydrogens (primary N) is 1. The summed E-state index contributed by atoms with van der Waals surface area (Å²) in [5.41, 5.74) is 7.08. The van der Waals surface area contributed by atoms with E-state index in [1.165, 1.54) is 9.75 Å². The Balaban J connectivity index is 2.00. The monoisotopic (exact) mass is 447 g/mol. The Morgan fingerprint density at radius 1 is 1.33 bits per heavy atom. The third kappa shape index (κ3) is 2.86. The van der Waals surface area contributed by atoms with E-state index in [9.17, 15) is 0 Å². The first kappa shape index (κ1) is 15.3. The Morgan fingerprint density at radius 3 is 2.71 bits per heavy atom. The van der Waals surface area contributed by atoms with Crippen LogP contribution in [0.3, 0.4) is 0 Å². The molecule has 0 fully saturated rings. The van der Waals surface area contributed by atoms with E-state index in [1.54, 1.807) is 11.3 Å². The second kappa shape index (κ2) is 5.91. The highest BCUT2D eigenvalue weighted by molar-refractivity contribution is 9.10. The van der Waals surface area contributed by atoms with Gasteiger partial charge in [-0.2, -0.15) is 0 Å². The van der Waals surface area contributed by atoms with Crippen molar-refractivity contribution >= 4 is 66.4 Å². The lowest BCUT2D eigenvalue weighted by Crippen LogP contribution is -2.35. The molecule has 0 saturated heterocycles. The molecule has 0 saturated carbocycles. The SMILES string of the molecule is Cc1sc(C2CN=C(N)N2c2ccc(Cl)c(Br)c2)cc1Br. The zero-order valence-electron chi connectivity index (χ0n) is 11.1. The van der Waals surface area contributed by atoms with Crippen LogP contribution in [0.15, 0.2) is 38.2 Å². The van der Waals surface area contributed by atoms with E-state index >= 15 is 0 Å². The summed E-state index contributed by atoms with van der Waals surface area (Å²) in [4.78, 5) is 8.96. The van der Waals surface area contributed by atoms with Crippen molar-refractivity contribution in [3.8, 4) is 0 Å². The average Bonchev–Trinajstić information content (AvgIpc) is 2.97. The Labute approximate surface area is 149 Å². The average molecular weight is 450 g/mol. The van der Waals surface area contributed by atoms with E-state index in [0.29, 0.717) is 17.5 Å². The molecule has 0 aliphatic carbocycles. The number of guanidine groups is 1. The first-order valence-corrected chi connectivity index (χ1v) is 9.05. The van der Waals surface area contributed by atoms with E-state index in [-0.39, 0.29) is 6.04 Å². The third-order valence-corrected chi connectivity index (χ3v) is 6.82. The van der Waals surface area contributed by atoms with Crippen molar-refractivity contribution in [2.45, 2.75) is 13.0 Å². The lowest BCUT2D eigenvalue weighted by atomic mass is 10.2. The Bertz CT molecular complexity index is 710. The van der Waals surface area contributed by atoms with Gasteiger partial charge in [0.25, 0.3) is 0 Å². The van der Waals surface area contributed by atoms with Gasteiger partial charge in [-0.25, -0.2) is 0 Å². The van der Waals surface area contributed by atoms with Crippen LogP contribution in [-0.2, 0) is 0 Å². The molecule has 2 heterocycles. The van der Waals surface area contributed by atoms with Crippen LogP contribution in [0.4, 0.5) is 5.69 Å². The zero-order valence-corrected chi connectivity index (χ0v) is 15.9. The second-order valence-electron chi connectivity index (χ2n) is 4.74. The van der Waals surface area contributed by atoms with Crippen LogP contribution in [-0.4, -0.2) is 12.5 Å². The summed E-state index contributed by atoms with van der Waals surface area (Å²) < 4.78 is 1.98. The first-order valence-electron chi connectivity index (χ1n) is 6.27. The van der Waals surface area contributed by atoms with Gasteiger partial charge in [-0.1, -0.05) is 11.6 Å². The Kier molecular flexibility index (Phi) is 4.32. The van der Waals surface area contributed by atoms with Crippen LogP contribution < -0.4 is 10.6 Å². The highest BCUT2D eigenvalue weighted by Gasteiger charge is 2.30.